The van der Waals surface area contributed by atoms with Crippen molar-refractivity contribution in [1.82, 2.24) is 10.2 Å². The first-order valence-corrected chi connectivity index (χ1v) is 7.74. The highest BCUT2D eigenvalue weighted by Crippen LogP contribution is 2.34. The molecule has 3 rings (SSSR count). The average molecular weight is 258 g/mol. The van der Waals surface area contributed by atoms with Crippen LogP contribution in [-0.4, -0.2) is 36.6 Å². The van der Waals surface area contributed by atoms with E-state index < -0.39 is 0 Å². The van der Waals surface area contributed by atoms with Gasteiger partial charge in [0.05, 0.1) is 0 Å². The minimum atomic E-state index is 0.610. The second-order valence-electron chi connectivity index (χ2n) is 6.44. The van der Waals surface area contributed by atoms with Gasteiger partial charge in [-0.15, -0.1) is 0 Å². The Hall–Kier alpha value is -0.860. The first-order chi connectivity index (χ1) is 9.24. The second kappa shape index (κ2) is 5.64. The van der Waals surface area contributed by atoms with Crippen LogP contribution in [0.1, 0.15) is 44.1 Å². The summed E-state index contributed by atoms with van der Waals surface area (Å²) in [7, 11) is 2.31. The number of piperidine rings is 1. The van der Waals surface area contributed by atoms with Crippen LogP contribution in [0.4, 0.5) is 0 Å². The molecule has 2 heterocycles. The van der Waals surface area contributed by atoms with E-state index in [0.29, 0.717) is 5.92 Å². The molecule has 1 aromatic rings. The molecule has 2 nitrogen and oxygen atoms in total. The van der Waals surface area contributed by atoms with E-state index in [1.165, 1.54) is 31.2 Å². The van der Waals surface area contributed by atoms with Gasteiger partial charge in [-0.3, -0.25) is 0 Å². The molecule has 19 heavy (non-hydrogen) atoms. The molecule has 2 fully saturated rings. The highest BCUT2D eigenvalue weighted by molar-refractivity contribution is 5.19. The molecule has 2 bridgehead atoms. The predicted octanol–water partition coefficient (Wildman–Crippen LogP) is 3.00. The van der Waals surface area contributed by atoms with Gasteiger partial charge in [0.2, 0.25) is 0 Å². The van der Waals surface area contributed by atoms with Crippen molar-refractivity contribution in [2.45, 2.75) is 56.7 Å². The number of nitrogens with zero attached hydrogens (tertiary/aromatic N) is 1. The van der Waals surface area contributed by atoms with E-state index in [1.54, 1.807) is 0 Å². The van der Waals surface area contributed by atoms with Gasteiger partial charge in [-0.2, -0.15) is 0 Å². The van der Waals surface area contributed by atoms with E-state index in [4.69, 9.17) is 0 Å². The van der Waals surface area contributed by atoms with Crippen molar-refractivity contribution >= 4 is 0 Å². The molecule has 0 aromatic heterocycles. The SMILES string of the molecule is CC(CNC1CC2CCC(C1)N2C)c1ccccc1. The highest BCUT2D eigenvalue weighted by Gasteiger charge is 2.38. The fourth-order valence-electron chi connectivity index (χ4n) is 3.82. The molecule has 0 saturated carbocycles. The van der Waals surface area contributed by atoms with E-state index in [-0.39, 0.29) is 0 Å². The molecule has 0 radical (unpaired) electrons. The summed E-state index contributed by atoms with van der Waals surface area (Å²) in [4.78, 5) is 2.61. The van der Waals surface area contributed by atoms with Gasteiger partial charge in [-0.1, -0.05) is 37.3 Å². The quantitative estimate of drug-likeness (QED) is 0.893. The number of rotatable bonds is 4. The largest absolute Gasteiger partial charge is 0.313 e. The van der Waals surface area contributed by atoms with Crippen LogP contribution in [0, 0.1) is 0 Å². The lowest BCUT2D eigenvalue weighted by Gasteiger charge is -2.37. The molecule has 3 unspecified atom stereocenters. The maximum atomic E-state index is 3.81. The Bertz CT molecular complexity index is 389. The van der Waals surface area contributed by atoms with Crippen molar-refractivity contribution in [3.05, 3.63) is 35.9 Å². The summed E-state index contributed by atoms with van der Waals surface area (Å²) >= 11 is 0. The Morgan fingerprint density at radius 3 is 2.42 bits per heavy atom. The van der Waals surface area contributed by atoms with Gasteiger partial charge in [0.25, 0.3) is 0 Å². The zero-order valence-electron chi connectivity index (χ0n) is 12.2. The molecular formula is C17H26N2. The Morgan fingerprint density at radius 1 is 1.16 bits per heavy atom. The maximum Gasteiger partial charge on any atom is 0.0111 e. The summed E-state index contributed by atoms with van der Waals surface area (Å²) in [5.41, 5.74) is 1.45. The Labute approximate surface area is 117 Å². The normalized spacial score (nSPS) is 32.4. The van der Waals surface area contributed by atoms with Crippen molar-refractivity contribution < 1.29 is 0 Å². The van der Waals surface area contributed by atoms with E-state index in [9.17, 15) is 0 Å². The summed E-state index contributed by atoms with van der Waals surface area (Å²) in [6, 6.07) is 13.3. The first kappa shape index (κ1) is 13.1. The van der Waals surface area contributed by atoms with Crippen LogP contribution in [0.5, 0.6) is 0 Å². The molecular weight excluding hydrogens is 232 g/mol. The van der Waals surface area contributed by atoms with Gasteiger partial charge >= 0.3 is 0 Å². The zero-order chi connectivity index (χ0) is 13.2. The summed E-state index contributed by atoms with van der Waals surface area (Å²) in [5, 5.41) is 3.81. The van der Waals surface area contributed by atoms with Crippen LogP contribution in [-0.2, 0) is 0 Å². The minimum absolute atomic E-state index is 0.610. The molecule has 2 aliphatic rings. The maximum absolute atomic E-state index is 3.81. The van der Waals surface area contributed by atoms with Crippen LogP contribution < -0.4 is 5.32 Å². The third-order valence-electron chi connectivity index (χ3n) is 5.18. The predicted molar refractivity (Wildman–Crippen MR) is 80.5 cm³/mol. The Kier molecular flexibility index (Phi) is 3.90. The molecule has 2 aliphatic heterocycles. The molecule has 1 aromatic carbocycles. The smallest absolute Gasteiger partial charge is 0.0111 e. The summed E-state index contributed by atoms with van der Waals surface area (Å²) < 4.78 is 0. The number of hydrogen-bond donors (Lipinski definition) is 1. The molecule has 2 saturated heterocycles. The van der Waals surface area contributed by atoms with Gasteiger partial charge in [0.15, 0.2) is 0 Å². The third kappa shape index (κ3) is 2.85. The molecule has 0 aliphatic carbocycles. The van der Waals surface area contributed by atoms with E-state index >= 15 is 0 Å². The van der Waals surface area contributed by atoms with Crippen molar-refractivity contribution in [3.8, 4) is 0 Å². The van der Waals surface area contributed by atoms with Crippen molar-refractivity contribution in [2.24, 2.45) is 0 Å². The van der Waals surface area contributed by atoms with Crippen LogP contribution in [0.3, 0.4) is 0 Å². The fourth-order valence-corrected chi connectivity index (χ4v) is 3.82. The van der Waals surface area contributed by atoms with Gasteiger partial charge in [-0.05, 0) is 44.2 Å². The third-order valence-corrected chi connectivity index (χ3v) is 5.18. The summed E-state index contributed by atoms with van der Waals surface area (Å²) in [6.45, 7) is 3.43. The number of benzene rings is 1. The topological polar surface area (TPSA) is 15.3 Å². The standard InChI is InChI=1S/C17H26N2/c1-13(14-6-4-3-5-7-14)12-18-15-10-16-8-9-17(11-15)19(16)2/h3-7,13,15-18H,8-12H2,1-2H3. The van der Waals surface area contributed by atoms with Crippen LogP contribution >= 0.6 is 0 Å². The Balaban J connectivity index is 1.51. The van der Waals surface area contributed by atoms with Crippen molar-refractivity contribution in [2.75, 3.05) is 13.6 Å². The van der Waals surface area contributed by atoms with E-state index in [0.717, 1.165) is 24.7 Å². The summed E-state index contributed by atoms with van der Waals surface area (Å²) in [5.74, 6) is 0.610. The number of nitrogens with one attached hydrogen (secondary N) is 1. The summed E-state index contributed by atoms with van der Waals surface area (Å²) in [6.07, 6.45) is 5.50. The second-order valence-corrected chi connectivity index (χ2v) is 6.44. The van der Waals surface area contributed by atoms with Crippen LogP contribution in [0.2, 0.25) is 0 Å². The van der Waals surface area contributed by atoms with Crippen molar-refractivity contribution in [3.63, 3.8) is 0 Å². The Morgan fingerprint density at radius 2 is 1.79 bits per heavy atom. The molecule has 0 spiro atoms. The van der Waals surface area contributed by atoms with Crippen LogP contribution in [0.15, 0.2) is 30.3 Å². The molecule has 2 heteroatoms. The zero-order valence-corrected chi connectivity index (χ0v) is 12.2. The fraction of sp³-hybridized carbons (Fsp3) is 0.647. The van der Waals surface area contributed by atoms with E-state index in [1.807, 2.05) is 0 Å². The van der Waals surface area contributed by atoms with Gasteiger partial charge in [0, 0.05) is 24.7 Å². The highest BCUT2D eigenvalue weighted by atomic mass is 15.2. The number of fused-ring (bicyclic) bond motifs is 2. The van der Waals surface area contributed by atoms with E-state index in [2.05, 4.69) is 54.5 Å². The molecule has 1 N–H and O–H groups in total. The monoisotopic (exact) mass is 258 g/mol. The molecule has 3 atom stereocenters. The van der Waals surface area contributed by atoms with Gasteiger partial charge < -0.3 is 10.2 Å². The minimum Gasteiger partial charge on any atom is -0.313 e. The van der Waals surface area contributed by atoms with Crippen LogP contribution in [0.25, 0.3) is 0 Å². The van der Waals surface area contributed by atoms with Crippen molar-refractivity contribution in [1.29, 1.82) is 0 Å². The number of hydrogen-bond acceptors (Lipinski definition) is 2. The molecule has 104 valence electrons. The first-order valence-electron chi connectivity index (χ1n) is 7.74. The lowest BCUT2D eigenvalue weighted by Crippen LogP contribution is -2.47. The lowest BCUT2D eigenvalue weighted by atomic mass is 9.96. The molecule has 0 amide bonds. The van der Waals surface area contributed by atoms with Gasteiger partial charge in [0.1, 0.15) is 0 Å². The lowest BCUT2D eigenvalue weighted by molar-refractivity contribution is 0.148. The van der Waals surface area contributed by atoms with Gasteiger partial charge in [-0.25, -0.2) is 0 Å². The average Bonchev–Trinajstić information content (AvgIpc) is 2.68.